The molecule has 0 saturated heterocycles. The van der Waals surface area contributed by atoms with Crippen LogP contribution in [0, 0.1) is 18.6 Å². The number of aromatic nitrogens is 4. The van der Waals surface area contributed by atoms with Crippen molar-refractivity contribution < 1.29 is 18.3 Å². The minimum absolute atomic E-state index is 0.00235. The molecule has 6 rings (SSSR count). The van der Waals surface area contributed by atoms with Crippen LogP contribution in [0.5, 0.6) is 11.6 Å². The number of carbonyl (C=O) groups is 1. The number of pyridine rings is 1. The van der Waals surface area contributed by atoms with Crippen LogP contribution < -0.4 is 15.8 Å². The number of para-hydroxylation sites is 1. The Balaban J connectivity index is 1.29. The van der Waals surface area contributed by atoms with Crippen LogP contribution in [0.25, 0.3) is 16.6 Å². The minimum atomic E-state index is -0.837. The van der Waals surface area contributed by atoms with E-state index in [2.05, 4.69) is 26.4 Å². The van der Waals surface area contributed by atoms with Crippen molar-refractivity contribution in [2.45, 2.75) is 19.8 Å². The molecule has 0 spiro atoms. The summed E-state index contributed by atoms with van der Waals surface area (Å²) in [7, 11) is 0. The standard InChI is InChI=1S/C27H22F2N6O2/c1-14-8-24(37-26-18(28)5-2-6-19(26)29)32-13-23(14)35-27(30)17(12-33-35)25(36)22-10-16-9-15-4-3-7-31-20(15)11-21(16)34-22/h2,5-6,8-13,31,34H,3-4,7,30H2,1H3. The average molecular weight is 501 g/mol. The lowest BCUT2D eigenvalue weighted by Crippen LogP contribution is -2.11. The number of nitrogens with two attached hydrogens (primary N) is 1. The Morgan fingerprint density at radius 1 is 1.14 bits per heavy atom. The molecule has 0 unspecified atom stereocenters. The molecule has 1 aliphatic heterocycles. The Hall–Kier alpha value is -4.73. The lowest BCUT2D eigenvalue weighted by atomic mass is 10.0. The van der Waals surface area contributed by atoms with Gasteiger partial charge in [0, 0.05) is 29.2 Å². The van der Waals surface area contributed by atoms with Crippen molar-refractivity contribution in [3.05, 3.63) is 88.9 Å². The molecule has 8 nitrogen and oxygen atoms in total. The third-order valence-corrected chi connectivity index (χ3v) is 6.49. The smallest absolute Gasteiger partial charge is 0.219 e. The quantitative estimate of drug-likeness (QED) is 0.283. The highest BCUT2D eigenvalue weighted by atomic mass is 19.1. The zero-order chi connectivity index (χ0) is 25.7. The van der Waals surface area contributed by atoms with E-state index < -0.39 is 17.4 Å². The SMILES string of the molecule is Cc1cc(Oc2c(F)cccc2F)ncc1-n1ncc(C(=O)c2cc3cc4c(cc3[nH]2)NCCC4)c1N. The summed E-state index contributed by atoms with van der Waals surface area (Å²) >= 11 is 0. The summed E-state index contributed by atoms with van der Waals surface area (Å²) in [4.78, 5) is 20.7. The summed E-state index contributed by atoms with van der Waals surface area (Å²) in [5, 5.41) is 8.65. The van der Waals surface area contributed by atoms with Gasteiger partial charge in [-0.2, -0.15) is 5.10 Å². The fourth-order valence-corrected chi connectivity index (χ4v) is 4.58. The molecule has 1 aliphatic rings. The zero-order valence-electron chi connectivity index (χ0n) is 19.8. The van der Waals surface area contributed by atoms with Crippen LogP contribution in [-0.2, 0) is 6.42 Å². The van der Waals surface area contributed by atoms with E-state index >= 15 is 0 Å². The van der Waals surface area contributed by atoms with Crippen LogP contribution in [0.15, 0.2) is 54.9 Å². The van der Waals surface area contributed by atoms with E-state index in [9.17, 15) is 13.6 Å². The number of nitrogens with one attached hydrogen (secondary N) is 2. The summed E-state index contributed by atoms with van der Waals surface area (Å²) in [5.41, 5.74) is 11.3. The van der Waals surface area contributed by atoms with Crippen LogP contribution in [0.2, 0.25) is 0 Å². The fraction of sp³-hybridized carbons (Fsp3) is 0.148. The van der Waals surface area contributed by atoms with Gasteiger partial charge in [-0.15, -0.1) is 0 Å². The molecule has 37 heavy (non-hydrogen) atoms. The largest absolute Gasteiger partial charge is 0.433 e. The molecule has 0 amide bonds. The molecule has 0 aliphatic carbocycles. The van der Waals surface area contributed by atoms with Gasteiger partial charge in [-0.1, -0.05) is 6.07 Å². The second-order valence-electron chi connectivity index (χ2n) is 8.96. The number of aryl methyl sites for hydroxylation is 2. The van der Waals surface area contributed by atoms with Gasteiger partial charge in [0.1, 0.15) is 5.82 Å². The van der Waals surface area contributed by atoms with E-state index in [1.54, 1.807) is 6.92 Å². The maximum atomic E-state index is 13.9. The number of benzene rings is 2. The highest BCUT2D eigenvalue weighted by Gasteiger charge is 2.22. The minimum Gasteiger partial charge on any atom is -0.433 e. The first-order chi connectivity index (χ1) is 17.9. The highest BCUT2D eigenvalue weighted by Crippen LogP contribution is 2.31. The van der Waals surface area contributed by atoms with Crippen LogP contribution in [0.1, 0.15) is 33.6 Å². The van der Waals surface area contributed by atoms with E-state index in [1.165, 1.54) is 34.8 Å². The lowest BCUT2D eigenvalue weighted by molar-refractivity contribution is 0.103. The third-order valence-electron chi connectivity index (χ3n) is 6.49. The molecule has 0 radical (unpaired) electrons. The van der Waals surface area contributed by atoms with Gasteiger partial charge < -0.3 is 20.8 Å². The summed E-state index contributed by atoms with van der Waals surface area (Å²) in [6, 6.07) is 10.9. The maximum Gasteiger partial charge on any atom is 0.219 e. The van der Waals surface area contributed by atoms with Crippen LogP contribution in [0.4, 0.5) is 20.3 Å². The second-order valence-corrected chi connectivity index (χ2v) is 8.96. The Morgan fingerprint density at radius 2 is 1.95 bits per heavy atom. The number of nitrogen functional groups attached to an aromatic ring is 1. The van der Waals surface area contributed by atoms with Gasteiger partial charge in [0.05, 0.1) is 29.3 Å². The van der Waals surface area contributed by atoms with Gasteiger partial charge in [0.15, 0.2) is 11.6 Å². The molecule has 0 fully saturated rings. The first kappa shape index (κ1) is 22.7. The summed E-state index contributed by atoms with van der Waals surface area (Å²) < 4.78 is 34.6. The number of halogens is 2. The highest BCUT2D eigenvalue weighted by molar-refractivity contribution is 6.12. The number of carbonyl (C=O) groups excluding carboxylic acids is 1. The molecule has 186 valence electrons. The number of ketones is 1. The molecule has 0 bridgehead atoms. The number of hydrogen-bond acceptors (Lipinski definition) is 6. The predicted molar refractivity (Wildman–Crippen MR) is 135 cm³/mol. The number of anilines is 2. The van der Waals surface area contributed by atoms with Crippen molar-refractivity contribution in [1.29, 1.82) is 0 Å². The molecule has 0 atom stereocenters. The summed E-state index contributed by atoms with van der Waals surface area (Å²) in [6.07, 6.45) is 4.90. The number of aromatic amines is 1. The molecule has 3 aromatic heterocycles. The molecule has 4 heterocycles. The molecule has 2 aromatic carbocycles. The summed E-state index contributed by atoms with van der Waals surface area (Å²) in [5.74, 6) is -2.35. The number of ether oxygens (including phenoxy) is 1. The number of nitrogens with zero attached hydrogens (tertiary/aromatic N) is 3. The molecule has 0 saturated carbocycles. The second kappa shape index (κ2) is 8.74. The Bertz CT molecular complexity index is 1630. The third kappa shape index (κ3) is 3.96. The van der Waals surface area contributed by atoms with Crippen LogP contribution in [0.3, 0.4) is 0 Å². The Morgan fingerprint density at radius 3 is 2.73 bits per heavy atom. The fourth-order valence-electron chi connectivity index (χ4n) is 4.58. The number of H-pyrrole nitrogens is 1. The van der Waals surface area contributed by atoms with Gasteiger partial charge in [-0.05, 0) is 61.2 Å². The summed E-state index contributed by atoms with van der Waals surface area (Å²) in [6.45, 7) is 2.68. The van der Waals surface area contributed by atoms with Gasteiger partial charge >= 0.3 is 0 Å². The maximum absolute atomic E-state index is 13.9. The Kier molecular flexibility index (Phi) is 5.36. The van der Waals surface area contributed by atoms with Gasteiger partial charge in [-0.3, -0.25) is 4.79 Å². The lowest BCUT2D eigenvalue weighted by Gasteiger charge is -2.17. The van der Waals surface area contributed by atoms with Crippen LogP contribution >= 0.6 is 0 Å². The van der Waals surface area contributed by atoms with Gasteiger partial charge in [-0.25, -0.2) is 18.4 Å². The molecular formula is C27H22F2N6O2. The van der Waals surface area contributed by atoms with E-state index in [-0.39, 0.29) is 23.0 Å². The first-order valence-corrected chi connectivity index (χ1v) is 11.8. The zero-order valence-corrected chi connectivity index (χ0v) is 19.8. The Labute approximate surface area is 210 Å². The number of hydrogen-bond donors (Lipinski definition) is 3. The van der Waals surface area contributed by atoms with Crippen molar-refractivity contribution in [2.75, 3.05) is 17.6 Å². The van der Waals surface area contributed by atoms with Gasteiger partial charge in [0.2, 0.25) is 17.4 Å². The topological polar surface area (TPSA) is 111 Å². The number of fused-ring (bicyclic) bond motifs is 2. The normalized spacial score (nSPS) is 12.8. The molecule has 10 heteroatoms. The predicted octanol–water partition coefficient (Wildman–Crippen LogP) is 5.30. The van der Waals surface area contributed by atoms with Gasteiger partial charge in [0.25, 0.3) is 0 Å². The van der Waals surface area contributed by atoms with E-state index in [4.69, 9.17) is 10.5 Å². The number of rotatable bonds is 5. The van der Waals surface area contributed by atoms with E-state index in [0.717, 1.165) is 48.1 Å². The van der Waals surface area contributed by atoms with Crippen molar-refractivity contribution in [2.24, 2.45) is 0 Å². The first-order valence-electron chi connectivity index (χ1n) is 11.8. The van der Waals surface area contributed by atoms with Crippen molar-refractivity contribution >= 4 is 28.2 Å². The monoisotopic (exact) mass is 500 g/mol. The van der Waals surface area contributed by atoms with Crippen molar-refractivity contribution in [3.63, 3.8) is 0 Å². The van der Waals surface area contributed by atoms with Crippen LogP contribution in [-0.4, -0.2) is 32.1 Å². The molecule has 4 N–H and O–H groups in total. The van der Waals surface area contributed by atoms with Crippen molar-refractivity contribution in [1.82, 2.24) is 19.7 Å². The molecule has 5 aromatic rings. The van der Waals surface area contributed by atoms with Crippen molar-refractivity contribution in [3.8, 4) is 17.3 Å². The van der Waals surface area contributed by atoms with E-state index in [0.29, 0.717) is 16.9 Å². The average Bonchev–Trinajstić information content (AvgIpc) is 3.47. The molecular weight excluding hydrogens is 478 g/mol. The van der Waals surface area contributed by atoms with E-state index in [1.807, 2.05) is 12.1 Å².